The second-order valence-corrected chi connectivity index (χ2v) is 9.18. The molecule has 0 aliphatic rings. The SMILES string of the molecule is Cc1ccc(-n2nc(-c3ccccc3)cc2NC(=O)CN(C(=O)CCc2ccccc2)C(C)C)cc1. The number of hydrogen-bond acceptors (Lipinski definition) is 3. The summed E-state index contributed by atoms with van der Waals surface area (Å²) in [5.41, 5.74) is 4.80. The van der Waals surface area contributed by atoms with Gasteiger partial charge in [-0.05, 0) is 44.9 Å². The van der Waals surface area contributed by atoms with Gasteiger partial charge in [0.05, 0.1) is 11.4 Å². The molecule has 6 nitrogen and oxygen atoms in total. The predicted molar refractivity (Wildman–Crippen MR) is 144 cm³/mol. The molecule has 1 heterocycles. The molecule has 2 amide bonds. The molecule has 3 aromatic carbocycles. The van der Waals surface area contributed by atoms with E-state index in [-0.39, 0.29) is 24.4 Å². The largest absolute Gasteiger partial charge is 0.331 e. The molecule has 0 bridgehead atoms. The zero-order valence-corrected chi connectivity index (χ0v) is 21.0. The molecule has 0 unspecified atom stereocenters. The summed E-state index contributed by atoms with van der Waals surface area (Å²) in [6.07, 6.45) is 1.00. The van der Waals surface area contributed by atoms with Crippen LogP contribution in [0.2, 0.25) is 0 Å². The van der Waals surface area contributed by atoms with Gasteiger partial charge in [-0.25, -0.2) is 4.68 Å². The van der Waals surface area contributed by atoms with Crippen LogP contribution in [0.1, 0.15) is 31.4 Å². The van der Waals surface area contributed by atoms with Crippen molar-refractivity contribution in [1.82, 2.24) is 14.7 Å². The maximum Gasteiger partial charge on any atom is 0.245 e. The van der Waals surface area contributed by atoms with Crippen molar-refractivity contribution < 1.29 is 9.59 Å². The molecule has 0 spiro atoms. The zero-order valence-electron chi connectivity index (χ0n) is 21.0. The molecule has 184 valence electrons. The van der Waals surface area contributed by atoms with Crippen molar-refractivity contribution in [2.24, 2.45) is 0 Å². The lowest BCUT2D eigenvalue weighted by atomic mass is 10.1. The fourth-order valence-corrected chi connectivity index (χ4v) is 4.04. The van der Waals surface area contributed by atoms with Crippen LogP contribution in [0.5, 0.6) is 0 Å². The first kappa shape index (κ1) is 24.9. The van der Waals surface area contributed by atoms with Crippen molar-refractivity contribution in [2.45, 2.75) is 39.7 Å². The summed E-state index contributed by atoms with van der Waals surface area (Å²) < 4.78 is 1.73. The number of nitrogens with one attached hydrogen (secondary N) is 1. The molecule has 6 heteroatoms. The minimum Gasteiger partial charge on any atom is -0.331 e. The Labute approximate surface area is 212 Å². The van der Waals surface area contributed by atoms with E-state index in [0.29, 0.717) is 18.7 Å². The van der Waals surface area contributed by atoms with Crippen LogP contribution in [-0.2, 0) is 16.0 Å². The lowest BCUT2D eigenvalue weighted by Crippen LogP contribution is -2.42. The van der Waals surface area contributed by atoms with Crippen LogP contribution < -0.4 is 5.32 Å². The summed E-state index contributed by atoms with van der Waals surface area (Å²) >= 11 is 0. The van der Waals surface area contributed by atoms with Crippen LogP contribution in [0.15, 0.2) is 91.0 Å². The molecule has 0 aliphatic heterocycles. The van der Waals surface area contributed by atoms with E-state index in [1.54, 1.807) is 9.58 Å². The Morgan fingerprint density at radius 2 is 1.56 bits per heavy atom. The van der Waals surface area contributed by atoms with Gasteiger partial charge < -0.3 is 10.2 Å². The molecule has 1 aromatic heterocycles. The van der Waals surface area contributed by atoms with Crippen LogP contribution in [-0.4, -0.2) is 39.1 Å². The summed E-state index contributed by atoms with van der Waals surface area (Å²) in [5.74, 6) is 0.258. The third-order valence-corrected chi connectivity index (χ3v) is 6.05. The highest BCUT2D eigenvalue weighted by Crippen LogP contribution is 2.25. The lowest BCUT2D eigenvalue weighted by molar-refractivity contribution is -0.136. The molecule has 1 N–H and O–H groups in total. The highest BCUT2D eigenvalue weighted by atomic mass is 16.2. The molecule has 0 saturated carbocycles. The van der Waals surface area contributed by atoms with E-state index in [9.17, 15) is 9.59 Å². The van der Waals surface area contributed by atoms with Crippen molar-refractivity contribution in [2.75, 3.05) is 11.9 Å². The zero-order chi connectivity index (χ0) is 25.5. The van der Waals surface area contributed by atoms with Crippen LogP contribution >= 0.6 is 0 Å². The molecule has 0 radical (unpaired) electrons. The minimum atomic E-state index is -0.260. The van der Waals surface area contributed by atoms with Crippen molar-refractivity contribution in [3.8, 4) is 16.9 Å². The molecule has 36 heavy (non-hydrogen) atoms. The highest BCUT2D eigenvalue weighted by Gasteiger charge is 2.21. The summed E-state index contributed by atoms with van der Waals surface area (Å²) in [5, 5.41) is 7.76. The number of benzene rings is 3. The Balaban J connectivity index is 1.52. The number of hydrogen-bond donors (Lipinski definition) is 1. The molecule has 4 rings (SSSR count). The number of carbonyl (C=O) groups is 2. The molecule has 0 atom stereocenters. The lowest BCUT2D eigenvalue weighted by Gasteiger charge is -2.26. The van der Waals surface area contributed by atoms with Gasteiger partial charge in [0.1, 0.15) is 12.4 Å². The summed E-state index contributed by atoms with van der Waals surface area (Å²) in [7, 11) is 0. The van der Waals surface area contributed by atoms with Gasteiger partial charge in [-0.3, -0.25) is 9.59 Å². The number of carbonyl (C=O) groups excluding carboxylic acids is 2. The third kappa shape index (κ3) is 6.27. The molecule has 0 fully saturated rings. The van der Waals surface area contributed by atoms with Gasteiger partial charge in [0.25, 0.3) is 0 Å². The normalized spacial score (nSPS) is 10.9. The summed E-state index contributed by atoms with van der Waals surface area (Å²) in [4.78, 5) is 27.8. The van der Waals surface area contributed by atoms with Crippen molar-refractivity contribution >= 4 is 17.6 Å². The van der Waals surface area contributed by atoms with Crippen molar-refractivity contribution in [3.05, 3.63) is 102 Å². The number of aryl methyl sites for hydroxylation is 2. The number of nitrogens with zero attached hydrogens (tertiary/aromatic N) is 3. The van der Waals surface area contributed by atoms with Crippen LogP contribution in [0, 0.1) is 6.92 Å². The Kier molecular flexibility index (Phi) is 7.95. The van der Waals surface area contributed by atoms with E-state index in [1.165, 1.54) is 0 Å². The highest BCUT2D eigenvalue weighted by molar-refractivity contribution is 5.94. The Bertz CT molecular complexity index is 1300. The third-order valence-electron chi connectivity index (χ3n) is 6.05. The van der Waals surface area contributed by atoms with Gasteiger partial charge in [-0.2, -0.15) is 5.10 Å². The predicted octanol–water partition coefficient (Wildman–Crippen LogP) is 5.66. The summed E-state index contributed by atoms with van der Waals surface area (Å²) in [6, 6.07) is 29.5. The van der Waals surface area contributed by atoms with Gasteiger partial charge >= 0.3 is 0 Å². The van der Waals surface area contributed by atoms with Crippen LogP contribution in [0.4, 0.5) is 5.82 Å². The van der Waals surface area contributed by atoms with Crippen molar-refractivity contribution in [3.63, 3.8) is 0 Å². The fraction of sp³-hybridized carbons (Fsp3) is 0.233. The fourth-order valence-electron chi connectivity index (χ4n) is 4.04. The Hall–Kier alpha value is -4.19. The average Bonchev–Trinajstić information content (AvgIpc) is 3.31. The standard InChI is InChI=1S/C30H32N4O2/c1-22(2)33(30(36)19-16-24-10-6-4-7-11-24)21-29(35)31-28-20-27(25-12-8-5-9-13-25)32-34(28)26-17-14-23(3)15-18-26/h4-15,17-18,20,22H,16,19,21H2,1-3H3,(H,31,35). The Morgan fingerprint density at radius 3 is 2.19 bits per heavy atom. The molecule has 0 saturated heterocycles. The molecule has 0 aliphatic carbocycles. The van der Waals surface area contributed by atoms with E-state index in [1.807, 2.05) is 112 Å². The number of rotatable bonds is 9. The van der Waals surface area contributed by atoms with Crippen LogP contribution in [0.25, 0.3) is 16.9 Å². The number of anilines is 1. The van der Waals surface area contributed by atoms with E-state index in [4.69, 9.17) is 5.10 Å². The Morgan fingerprint density at radius 1 is 0.917 bits per heavy atom. The van der Waals surface area contributed by atoms with Crippen molar-refractivity contribution in [1.29, 1.82) is 0 Å². The first-order valence-electron chi connectivity index (χ1n) is 12.3. The number of amides is 2. The average molecular weight is 481 g/mol. The van der Waals surface area contributed by atoms with Gasteiger partial charge in [0, 0.05) is 24.1 Å². The first-order chi connectivity index (χ1) is 17.4. The second-order valence-electron chi connectivity index (χ2n) is 9.18. The summed E-state index contributed by atoms with van der Waals surface area (Å²) in [6.45, 7) is 5.86. The smallest absolute Gasteiger partial charge is 0.245 e. The monoisotopic (exact) mass is 480 g/mol. The van der Waals surface area contributed by atoms with Gasteiger partial charge in [0.2, 0.25) is 11.8 Å². The molecular weight excluding hydrogens is 448 g/mol. The van der Waals surface area contributed by atoms with Gasteiger partial charge in [0.15, 0.2) is 0 Å². The maximum absolute atomic E-state index is 13.1. The topological polar surface area (TPSA) is 67.2 Å². The molecular formula is C30H32N4O2. The van der Waals surface area contributed by atoms with E-state index < -0.39 is 0 Å². The minimum absolute atomic E-state index is 0.0228. The number of aromatic nitrogens is 2. The first-order valence-corrected chi connectivity index (χ1v) is 12.3. The van der Waals surface area contributed by atoms with Gasteiger partial charge in [-0.15, -0.1) is 0 Å². The van der Waals surface area contributed by atoms with E-state index >= 15 is 0 Å². The second kappa shape index (κ2) is 11.5. The quantitative estimate of drug-likeness (QED) is 0.336. The maximum atomic E-state index is 13.1. The van der Waals surface area contributed by atoms with Crippen LogP contribution in [0.3, 0.4) is 0 Å². The molecule has 4 aromatic rings. The van der Waals surface area contributed by atoms with E-state index in [0.717, 1.165) is 28.1 Å². The van der Waals surface area contributed by atoms with E-state index in [2.05, 4.69) is 5.32 Å². The van der Waals surface area contributed by atoms with Gasteiger partial charge in [-0.1, -0.05) is 78.4 Å².